The van der Waals surface area contributed by atoms with Gasteiger partial charge in [-0.05, 0) is 18.2 Å². The van der Waals surface area contributed by atoms with E-state index in [1.54, 1.807) is 25.3 Å². The second-order valence-corrected chi connectivity index (χ2v) is 6.08. The van der Waals surface area contributed by atoms with E-state index in [4.69, 9.17) is 0 Å². The highest BCUT2D eigenvalue weighted by molar-refractivity contribution is 7.89. The van der Waals surface area contributed by atoms with E-state index >= 15 is 0 Å². The van der Waals surface area contributed by atoms with Crippen molar-refractivity contribution in [2.75, 3.05) is 6.54 Å². The largest absolute Gasteiger partial charge is 0.328 e. The first-order valence-electron chi connectivity index (χ1n) is 6.13. The van der Waals surface area contributed by atoms with Crippen molar-refractivity contribution in [3.05, 3.63) is 58.8 Å². The zero-order valence-electron chi connectivity index (χ0n) is 11.0. The first-order valence-corrected chi connectivity index (χ1v) is 7.57. The number of nitrogens with one attached hydrogen (secondary N) is 1. The van der Waals surface area contributed by atoms with Gasteiger partial charge in [-0.2, -0.15) is 4.31 Å². The van der Waals surface area contributed by atoms with Crippen LogP contribution in [0.4, 0.5) is 0 Å². The molecule has 0 aliphatic heterocycles. The fourth-order valence-electron chi connectivity index (χ4n) is 1.74. The summed E-state index contributed by atoms with van der Waals surface area (Å²) >= 11 is 0. The van der Waals surface area contributed by atoms with Crippen molar-refractivity contribution in [2.45, 2.75) is 18.4 Å². The lowest BCUT2D eigenvalue weighted by Crippen LogP contribution is -2.31. The van der Waals surface area contributed by atoms with E-state index in [-0.39, 0.29) is 17.0 Å². The molecule has 0 fully saturated rings. The van der Waals surface area contributed by atoms with Crippen LogP contribution >= 0.6 is 0 Å². The second kappa shape index (κ2) is 5.98. The Morgan fingerprint density at radius 3 is 2.60 bits per heavy atom. The van der Waals surface area contributed by atoms with E-state index in [1.807, 2.05) is 6.07 Å². The van der Waals surface area contributed by atoms with Crippen molar-refractivity contribution < 1.29 is 8.42 Å². The summed E-state index contributed by atoms with van der Waals surface area (Å²) in [6, 6.07) is 7.85. The molecule has 2 aromatic rings. The molecule has 6 nitrogen and oxygen atoms in total. The summed E-state index contributed by atoms with van der Waals surface area (Å²) in [7, 11) is -3.64. The molecule has 0 spiro atoms. The molecule has 0 atom stereocenters. The van der Waals surface area contributed by atoms with Gasteiger partial charge in [-0.25, -0.2) is 8.42 Å². The molecule has 0 saturated heterocycles. The van der Waals surface area contributed by atoms with Gasteiger partial charge < -0.3 is 4.98 Å². The Kier molecular flexibility index (Phi) is 4.31. The number of pyridine rings is 2. The van der Waals surface area contributed by atoms with Gasteiger partial charge in [-0.15, -0.1) is 0 Å². The molecule has 2 aromatic heterocycles. The Morgan fingerprint density at radius 2 is 2.05 bits per heavy atom. The lowest BCUT2D eigenvalue weighted by atomic mass is 10.3. The molecular formula is C13H15N3O3S. The number of hydrogen-bond acceptors (Lipinski definition) is 4. The number of sulfonamides is 1. The number of nitrogens with zero attached hydrogens (tertiary/aromatic N) is 2. The Bertz CT molecular complexity index is 706. The summed E-state index contributed by atoms with van der Waals surface area (Å²) in [5.74, 6) is 0. The summed E-state index contributed by atoms with van der Waals surface area (Å²) in [6.07, 6.45) is 2.83. The zero-order chi connectivity index (χ0) is 14.6. The van der Waals surface area contributed by atoms with Gasteiger partial charge in [0.15, 0.2) is 0 Å². The maximum Gasteiger partial charge on any atom is 0.247 e. The lowest BCUT2D eigenvalue weighted by Gasteiger charge is -2.19. The molecule has 0 aliphatic rings. The first kappa shape index (κ1) is 14.4. The molecule has 0 saturated carbocycles. The lowest BCUT2D eigenvalue weighted by molar-refractivity contribution is 0.419. The third-order valence-electron chi connectivity index (χ3n) is 2.81. The molecule has 1 N–H and O–H groups in total. The summed E-state index contributed by atoms with van der Waals surface area (Å²) in [4.78, 5) is 17.6. The van der Waals surface area contributed by atoms with Crippen LogP contribution in [0.1, 0.15) is 12.6 Å². The van der Waals surface area contributed by atoms with Crippen LogP contribution in [-0.4, -0.2) is 29.2 Å². The minimum Gasteiger partial charge on any atom is -0.328 e. The van der Waals surface area contributed by atoms with E-state index in [0.717, 1.165) is 0 Å². The van der Waals surface area contributed by atoms with Crippen molar-refractivity contribution in [3.63, 3.8) is 0 Å². The molecule has 0 aliphatic carbocycles. The van der Waals surface area contributed by atoms with Gasteiger partial charge in [0.25, 0.3) is 0 Å². The quantitative estimate of drug-likeness (QED) is 0.890. The van der Waals surface area contributed by atoms with Crippen molar-refractivity contribution >= 4 is 10.0 Å². The summed E-state index contributed by atoms with van der Waals surface area (Å²) in [5, 5.41) is 0. The van der Waals surface area contributed by atoms with E-state index in [2.05, 4.69) is 9.97 Å². The predicted molar refractivity (Wildman–Crippen MR) is 74.6 cm³/mol. The molecule has 20 heavy (non-hydrogen) atoms. The average molecular weight is 293 g/mol. The summed E-state index contributed by atoms with van der Waals surface area (Å²) < 4.78 is 26.2. The third kappa shape index (κ3) is 3.12. The van der Waals surface area contributed by atoms with Gasteiger partial charge in [0.2, 0.25) is 15.6 Å². The number of rotatable bonds is 5. The predicted octanol–water partition coefficient (Wildman–Crippen LogP) is 0.981. The van der Waals surface area contributed by atoms with Crippen LogP contribution in [0.25, 0.3) is 0 Å². The molecule has 7 heteroatoms. The van der Waals surface area contributed by atoms with Gasteiger partial charge >= 0.3 is 0 Å². The van der Waals surface area contributed by atoms with Gasteiger partial charge in [0, 0.05) is 25.0 Å². The Balaban J connectivity index is 2.30. The summed E-state index contributed by atoms with van der Waals surface area (Å²) in [6.45, 7) is 2.27. The fourth-order valence-corrected chi connectivity index (χ4v) is 3.13. The Hall–Kier alpha value is -1.99. The van der Waals surface area contributed by atoms with Crippen molar-refractivity contribution in [1.82, 2.24) is 14.3 Å². The fraction of sp³-hybridized carbons (Fsp3) is 0.231. The van der Waals surface area contributed by atoms with Gasteiger partial charge in [0.1, 0.15) is 0 Å². The number of aromatic amines is 1. The highest BCUT2D eigenvalue weighted by atomic mass is 32.2. The van der Waals surface area contributed by atoms with E-state index in [9.17, 15) is 13.2 Å². The van der Waals surface area contributed by atoms with Crippen molar-refractivity contribution in [3.8, 4) is 0 Å². The molecule has 0 radical (unpaired) electrons. The molecular weight excluding hydrogens is 278 g/mol. The zero-order valence-corrected chi connectivity index (χ0v) is 11.8. The molecule has 0 amide bonds. The van der Waals surface area contributed by atoms with Crippen LogP contribution in [0.15, 0.2) is 52.4 Å². The molecule has 106 valence electrons. The second-order valence-electron chi connectivity index (χ2n) is 4.14. The van der Waals surface area contributed by atoms with E-state index < -0.39 is 10.0 Å². The smallest absolute Gasteiger partial charge is 0.247 e. The third-order valence-corrected chi connectivity index (χ3v) is 4.73. The number of H-pyrrole nitrogens is 1. The minimum absolute atomic E-state index is 0.0647. The molecule has 0 bridgehead atoms. The Labute approximate surface area is 117 Å². The standard InChI is InChI=1S/C13H15N3O3S/c1-2-16(10-11-5-3-4-8-14-11)20(18,19)12-6-7-13(17)15-9-12/h3-9H,2,10H2,1H3,(H,15,17). The molecule has 0 aromatic carbocycles. The SMILES string of the molecule is CCN(Cc1ccccn1)S(=O)(=O)c1ccc(=O)[nH]c1. The van der Waals surface area contributed by atoms with Crippen molar-refractivity contribution in [1.29, 1.82) is 0 Å². The maximum absolute atomic E-state index is 12.5. The highest BCUT2D eigenvalue weighted by Crippen LogP contribution is 2.15. The normalized spacial score (nSPS) is 11.7. The van der Waals surface area contributed by atoms with E-state index in [1.165, 1.54) is 22.6 Å². The summed E-state index contributed by atoms with van der Waals surface area (Å²) in [5.41, 5.74) is 0.332. The molecule has 0 unspecified atom stereocenters. The average Bonchev–Trinajstić information content (AvgIpc) is 2.46. The number of hydrogen-bond donors (Lipinski definition) is 1. The highest BCUT2D eigenvalue weighted by Gasteiger charge is 2.23. The van der Waals surface area contributed by atoms with Crippen LogP contribution in [0.2, 0.25) is 0 Å². The van der Waals surface area contributed by atoms with E-state index in [0.29, 0.717) is 12.2 Å². The van der Waals surface area contributed by atoms with Crippen LogP contribution in [0, 0.1) is 0 Å². The Morgan fingerprint density at radius 1 is 1.25 bits per heavy atom. The molecule has 2 heterocycles. The van der Waals surface area contributed by atoms with Gasteiger partial charge in [-0.3, -0.25) is 9.78 Å². The van der Waals surface area contributed by atoms with Crippen LogP contribution in [0.3, 0.4) is 0 Å². The van der Waals surface area contributed by atoms with Crippen LogP contribution in [-0.2, 0) is 16.6 Å². The van der Waals surface area contributed by atoms with Crippen LogP contribution < -0.4 is 5.56 Å². The topological polar surface area (TPSA) is 83.1 Å². The van der Waals surface area contributed by atoms with Crippen LogP contribution in [0.5, 0.6) is 0 Å². The van der Waals surface area contributed by atoms with Gasteiger partial charge in [0.05, 0.1) is 17.1 Å². The minimum atomic E-state index is -3.64. The van der Waals surface area contributed by atoms with Crippen molar-refractivity contribution in [2.24, 2.45) is 0 Å². The molecule has 2 rings (SSSR count). The first-order chi connectivity index (χ1) is 9.54. The van der Waals surface area contributed by atoms with Gasteiger partial charge in [-0.1, -0.05) is 13.0 Å². The maximum atomic E-state index is 12.5. The number of aromatic nitrogens is 2. The monoisotopic (exact) mass is 293 g/mol.